The number of carbonyl (C=O) groups is 2. The van der Waals surface area contributed by atoms with Gasteiger partial charge < -0.3 is 14.2 Å². The van der Waals surface area contributed by atoms with Gasteiger partial charge in [-0.15, -0.1) is 0 Å². The van der Waals surface area contributed by atoms with Gasteiger partial charge in [0.1, 0.15) is 0 Å². The van der Waals surface area contributed by atoms with Crippen molar-refractivity contribution in [3.63, 3.8) is 0 Å². The molecule has 9 nitrogen and oxygen atoms in total. The van der Waals surface area contributed by atoms with Gasteiger partial charge in [-0.3, -0.25) is 9.59 Å². The third-order valence-corrected chi connectivity index (χ3v) is 5.86. The highest BCUT2D eigenvalue weighted by Crippen LogP contribution is 2.15. The molecular formula is C28H34N6O3. The molecule has 3 aromatic rings. The average molecular weight is 503 g/mol. The van der Waals surface area contributed by atoms with Crippen LogP contribution in [0, 0.1) is 0 Å². The maximum absolute atomic E-state index is 12.3. The van der Waals surface area contributed by atoms with Crippen LogP contribution in [0.3, 0.4) is 0 Å². The minimum atomic E-state index is -0.563. The molecule has 0 radical (unpaired) electrons. The van der Waals surface area contributed by atoms with Gasteiger partial charge in [-0.25, -0.2) is 10.9 Å². The molecule has 1 aromatic heterocycles. The zero-order valence-corrected chi connectivity index (χ0v) is 21.8. The Labute approximate surface area is 217 Å². The number of rotatable bonds is 12. The zero-order chi connectivity index (χ0) is 26.6. The molecule has 37 heavy (non-hydrogen) atoms. The van der Waals surface area contributed by atoms with Gasteiger partial charge in [0.25, 0.3) is 0 Å². The first-order chi connectivity index (χ1) is 18.0. The number of anilines is 2. The van der Waals surface area contributed by atoms with E-state index in [1.807, 2.05) is 48.5 Å². The van der Waals surface area contributed by atoms with Crippen molar-refractivity contribution in [3.8, 4) is 0 Å². The second kappa shape index (κ2) is 13.6. The van der Waals surface area contributed by atoms with E-state index in [2.05, 4.69) is 58.5 Å². The normalized spacial score (nSPS) is 11.1. The Morgan fingerprint density at radius 3 is 1.32 bits per heavy atom. The van der Waals surface area contributed by atoms with Crippen molar-refractivity contribution in [2.45, 2.75) is 27.7 Å². The van der Waals surface area contributed by atoms with Crippen molar-refractivity contribution < 1.29 is 14.0 Å². The summed E-state index contributed by atoms with van der Waals surface area (Å²) in [5, 5.41) is 7.95. The number of nitrogens with zero attached hydrogens (tertiary/aromatic N) is 4. The molecule has 0 fully saturated rings. The molecule has 0 aliphatic rings. The predicted octanol–water partition coefficient (Wildman–Crippen LogP) is 4.50. The SMILES string of the molecule is CCN(CC)c1ccc(/C=N\NC(=O)c2ccc(C(=O)N/N=C\c3ccc(N(CC)CC)cc3)o2)cc1. The Balaban J connectivity index is 1.50. The van der Waals surface area contributed by atoms with E-state index >= 15 is 0 Å². The number of carbonyl (C=O) groups excluding carboxylic acids is 2. The van der Waals surface area contributed by atoms with Crippen LogP contribution in [0.25, 0.3) is 0 Å². The summed E-state index contributed by atoms with van der Waals surface area (Å²) in [6, 6.07) is 18.6. The van der Waals surface area contributed by atoms with Crippen LogP contribution in [0.5, 0.6) is 0 Å². The summed E-state index contributed by atoms with van der Waals surface area (Å²) in [6.45, 7) is 12.2. The Kier molecular flexibility index (Phi) is 10.0. The van der Waals surface area contributed by atoms with E-state index in [-0.39, 0.29) is 11.5 Å². The van der Waals surface area contributed by atoms with E-state index in [1.54, 1.807) is 12.4 Å². The monoisotopic (exact) mass is 502 g/mol. The summed E-state index contributed by atoms with van der Waals surface area (Å²) in [4.78, 5) is 29.1. The van der Waals surface area contributed by atoms with Crippen molar-refractivity contribution in [1.82, 2.24) is 10.9 Å². The lowest BCUT2D eigenvalue weighted by molar-refractivity contribution is 0.0902. The molecule has 0 bridgehead atoms. The van der Waals surface area contributed by atoms with Crippen LogP contribution < -0.4 is 20.7 Å². The van der Waals surface area contributed by atoms with E-state index in [4.69, 9.17) is 4.42 Å². The number of hydrogen-bond acceptors (Lipinski definition) is 7. The third-order valence-electron chi connectivity index (χ3n) is 5.86. The Morgan fingerprint density at radius 2 is 1.00 bits per heavy atom. The number of furan rings is 1. The Hall–Kier alpha value is -4.40. The van der Waals surface area contributed by atoms with Crippen LogP contribution in [-0.4, -0.2) is 50.4 Å². The molecule has 194 valence electrons. The molecular weight excluding hydrogens is 468 g/mol. The zero-order valence-electron chi connectivity index (χ0n) is 21.8. The summed E-state index contributed by atoms with van der Waals surface area (Å²) in [7, 11) is 0. The molecule has 3 rings (SSSR count). The van der Waals surface area contributed by atoms with Crippen LogP contribution in [-0.2, 0) is 0 Å². The molecule has 2 amide bonds. The van der Waals surface area contributed by atoms with Gasteiger partial charge >= 0.3 is 11.8 Å². The van der Waals surface area contributed by atoms with Gasteiger partial charge in [-0.1, -0.05) is 24.3 Å². The highest BCUT2D eigenvalue weighted by atomic mass is 16.4. The van der Waals surface area contributed by atoms with Crippen LogP contribution in [0.1, 0.15) is 59.9 Å². The van der Waals surface area contributed by atoms with E-state index < -0.39 is 11.8 Å². The number of amides is 2. The first-order valence-corrected chi connectivity index (χ1v) is 12.5. The molecule has 2 aromatic carbocycles. The van der Waals surface area contributed by atoms with Crippen molar-refractivity contribution in [1.29, 1.82) is 0 Å². The second-order valence-corrected chi connectivity index (χ2v) is 8.09. The standard InChI is InChI=1S/C28H34N6O3/c1-5-33(6-2)23-13-9-21(10-14-23)19-29-31-27(35)25-17-18-26(37-25)28(36)32-30-20-22-11-15-24(16-12-22)34(7-3)8-4/h9-20H,5-8H2,1-4H3,(H,31,35)(H,32,36)/b29-19-,30-20-. The molecule has 2 N–H and O–H groups in total. The van der Waals surface area contributed by atoms with E-state index in [1.165, 1.54) is 12.1 Å². The molecule has 0 aliphatic carbocycles. The van der Waals surface area contributed by atoms with E-state index in [0.717, 1.165) is 48.7 Å². The highest BCUT2D eigenvalue weighted by molar-refractivity contribution is 5.96. The maximum Gasteiger partial charge on any atom is 0.307 e. The smallest absolute Gasteiger partial charge is 0.307 e. The molecule has 0 unspecified atom stereocenters. The fourth-order valence-electron chi connectivity index (χ4n) is 3.74. The van der Waals surface area contributed by atoms with Gasteiger partial charge in [0.2, 0.25) is 0 Å². The average Bonchev–Trinajstić information content (AvgIpc) is 3.42. The Bertz CT molecular complexity index is 1110. The summed E-state index contributed by atoms with van der Waals surface area (Å²) >= 11 is 0. The van der Waals surface area contributed by atoms with Crippen molar-refractivity contribution >= 4 is 35.6 Å². The summed E-state index contributed by atoms with van der Waals surface area (Å²) < 4.78 is 5.36. The first kappa shape index (κ1) is 27.2. The second-order valence-electron chi connectivity index (χ2n) is 8.09. The fraction of sp³-hybridized carbons (Fsp3) is 0.286. The van der Waals surface area contributed by atoms with Gasteiger partial charge in [-0.05, 0) is 75.2 Å². The number of hydrazone groups is 2. The predicted molar refractivity (Wildman–Crippen MR) is 149 cm³/mol. The summed E-state index contributed by atoms with van der Waals surface area (Å²) in [5.41, 5.74) is 8.76. The Morgan fingerprint density at radius 1 is 0.649 bits per heavy atom. The first-order valence-electron chi connectivity index (χ1n) is 12.5. The molecule has 0 saturated heterocycles. The molecule has 0 saturated carbocycles. The summed E-state index contributed by atoms with van der Waals surface area (Å²) in [5.74, 6) is -1.19. The molecule has 0 aliphatic heterocycles. The third kappa shape index (κ3) is 7.54. The maximum atomic E-state index is 12.3. The number of hydrogen-bond donors (Lipinski definition) is 2. The fourth-order valence-corrected chi connectivity index (χ4v) is 3.74. The van der Waals surface area contributed by atoms with E-state index in [9.17, 15) is 9.59 Å². The van der Waals surface area contributed by atoms with Crippen molar-refractivity contribution in [2.75, 3.05) is 36.0 Å². The van der Waals surface area contributed by atoms with Gasteiger partial charge in [0, 0.05) is 37.6 Å². The van der Waals surface area contributed by atoms with Crippen LogP contribution in [0.4, 0.5) is 11.4 Å². The van der Waals surface area contributed by atoms with Crippen LogP contribution >= 0.6 is 0 Å². The van der Waals surface area contributed by atoms with Crippen molar-refractivity contribution in [3.05, 3.63) is 83.3 Å². The molecule has 1 heterocycles. The number of benzene rings is 2. The highest BCUT2D eigenvalue weighted by Gasteiger charge is 2.15. The van der Waals surface area contributed by atoms with Gasteiger partial charge in [0.05, 0.1) is 12.4 Å². The van der Waals surface area contributed by atoms with Crippen LogP contribution in [0.2, 0.25) is 0 Å². The van der Waals surface area contributed by atoms with Gasteiger partial charge in [-0.2, -0.15) is 10.2 Å². The minimum absolute atomic E-state index is 0.0323. The van der Waals surface area contributed by atoms with Gasteiger partial charge in [0.15, 0.2) is 11.5 Å². The molecule has 0 atom stereocenters. The summed E-state index contributed by atoms with van der Waals surface area (Å²) in [6.07, 6.45) is 3.09. The lowest BCUT2D eigenvalue weighted by Crippen LogP contribution is -2.21. The largest absolute Gasteiger partial charge is 0.446 e. The van der Waals surface area contributed by atoms with E-state index in [0.29, 0.717) is 0 Å². The molecule has 9 heteroatoms. The molecule has 0 spiro atoms. The van der Waals surface area contributed by atoms with Crippen molar-refractivity contribution in [2.24, 2.45) is 10.2 Å². The number of nitrogens with one attached hydrogen (secondary N) is 2. The topological polar surface area (TPSA) is 103 Å². The van der Waals surface area contributed by atoms with Crippen LogP contribution in [0.15, 0.2) is 75.3 Å². The lowest BCUT2D eigenvalue weighted by atomic mass is 10.2. The minimum Gasteiger partial charge on any atom is -0.446 e. The quantitative estimate of drug-likeness (QED) is 0.280. The lowest BCUT2D eigenvalue weighted by Gasteiger charge is -2.20.